The fourth-order valence-electron chi connectivity index (χ4n) is 3.40. The zero-order valence-corrected chi connectivity index (χ0v) is 17.2. The molecule has 0 aliphatic carbocycles. The molecule has 2 aromatic rings. The smallest absolute Gasteiger partial charge is 0.272 e. The molecular weight excluding hydrogens is 364 g/mol. The van der Waals surface area contributed by atoms with Gasteiger partial charge in [-0.1, -0.05) is 26.8 Å². The summed E-state index contributed by atoms with van der Waals surface area (Å²) in [5.74, 6) is 0.517. The number of fused-ring (bicyclic) bond motifs is 1. The molecule has 8 heteroatoms. The number of hydrogen-bond donors (Lipinski definition) is 1. The predicted octanol–water partition coefficient (Wildman–Crippen LogP) is 2.25. The molecular formula is C19H28N4O3S. The maximum atomic E-state index is 12.7. The highest BCUT2D eigenvalue weighted by Gasteiger charge is 2.31. The van der Waals surface area contributed by atoms with Gasteiger partial charge in [0.1, 0.15) is 5.82 Å². The van der Waals surface area contributed by atoms with Crippen molar-refractivity contribution in [3.8, 4) is 0 Å². The Morgan fingerprint density at radius 1 is 1.33 bits per heavy atom. The second kappa shape index (κ2) is 7.24. The molecule has 27 heavy (non-hydrogen) atoms. The summed E-state index contributed by atoms with van der Waals surface area (Å²) in [6.07, 6.45) is 4.76. The summed E-state index contributed by atoms with van der Waals surface area (Å²) in [5.41, 5.74) is 1.12. The van der Waals surface area contributed by atoms with E-state index >= 15 is 0 Å². The third-order valence-corrected chi connectivity index (χ3v) is 6.06. The number of nitrogens with zero attached hydrogens (tertiary/aromatic N) is 3. The maximum absolute atomic E-state index is 12.7. The highest BCUT2D eigenvalue weighted by atomic mass is 32.2. The van der Waals surface area contributed by atoms with Gasteiger partial charge in [-0.15, -0.1) is 0 Å². The van der Waals surface area contributed by atoms with E-state index in [1.165, 1.54) is 10.6 Å². The summed E-state index contributed by atoms with van der Waals surface area (Å²) < 4.78 is 27.3. The van der Waals surface area contributed by atoms with E-state index in [0.29, 0.717) is 25.3 Å². The summed E-state index contributed by atoms with van der Waals surface area (Å²) >= 11 is 0. The van der Waals surface area contributed by atoms with Gasteiger partial charge in [-0.2, -0.15) is 0 Å². The van der Waals surface area contributed by atoms with Crippen LogP contribution in [0.15, 0.2) is 24.4 Å². The minimum absolute atomic E-state index is 0.0205. The van der Waals surface area contributed by atoms with Crippen LogP contribution in [-0.2, 0) is 10.0 Å². The largest absolute Gasteiger partial charge is 0.350 e. The quantitative estimate of drug-likeness (QED) is 0.865. The van der Waals surface area contributed by atoms with Gasteiger partial charge in [-0.3, -0.25) is 4.79 Å². The first-order valence-electron chi connectivity index (χ1n) is 9.26. The van der Waals surface area contributed by atoms with Crippen LogP contribution in [0.1, 0.15) is 55.8 Å². The Morgan fingerprint density at radius 3 is 2.74 bits per heavy atom. The second-order valence-corrected chi connectivity index (χ2v) is 10.5. The summed E-state index contributed by atoms with van der Waals surface area (Å²) in [4.78, 5) is 17.4. The van der Waals surface area contributed by atoms with Crippen molar-refractivity contribution in [2.24, 2.45) is 5.41 Å². The van der Waals surface area contributed by atoms with Crippen molar-refractivity contribution in [3.05, 3.63) is 35.9 Å². The van der Waals surface area contributed by atoms with Crippen LogP contribution >= 0.6 is 0 Å². The summed E-state index contributed by atoms with van der Waals surface area (Å²) in [6.45, 7) is 7.68. The van der Waals surface area contributed by atoms with Crippen molar-refractivity contribution in [1.29, 1.82) is 0 Å². The van der Waals surface area contributed by atoms with E-state index in [9.17, 15) is 13.2 Å². The van der Waals surface area contributed by atoms with Crippen LogP contribution in [0.25, 0.3) is 5.52 Å². The second-order valence-electron chi connectivity index (χ2n) is 8.48. The molecule has 0 saturated carbocycles. The zero-order valence-electron chi connectivity index (χ0n) is 16.4. The first-order chi connectivity index (χ1) is 12.6. The number of pyridine rings is 1. The molecule has 1 atom stereocenters. The van der Waals surface area contributed by atoms with Crippen LogP contribution in [0.4, 0.5) is 0 Å². The van der Waals surface area contributed by atoms with E-state index in [0.717, 1.165) is 24.2 Å². The number of carbonyl (C=O) groups excluding carboxylic acids is 1. The van der Waals surface area contributed by atoms with Crippen molar-refractivity contribution in [3.63, 3.8) is 0 Å². The molecule has 1 N–H and O–H groups in total. The average Bonchev–Trinajstić information content (AvgIpc) is 2.98. The van der Waals surface area contributed by atoms with E-state index in [4.69, 9.17) is 0 Å². The van der Waals surface area contributed by atoms with Gasteiger partial charge in [0.05, 0.1) is 11.8 Å². The van der Waals surface area contributed by atoms with Crippen molar-refractivity contribution in [1.82, 2.24) is 19.0 Å². The molecule has 3 heterocycles. The fourth-order valence-corrected chi connectivity index (χ4v) is 4.31. The molecule has 2 aromatic heterocycles. The first-order valence-corrected chi connectivity index (χ1v) is 11.1. The van der Waals surface area contributed by atoms with Crippen molar-refractivity contribution < 1.29 is 13.2 Å². The Bertz CT molecular complexity index is 944. The van der Waals surface area contributed by atoms with E-state index in [1.54, 1.807) is 0 Å². The molecule has 0 aromatic carbocycles. The van der Waals surface area contributed by atoms with Gasteiger partial charge in [-0.25, -0.2) is 17.7 Å². The number of aromatic nitrogens is 2. The number of sulfonamides is 1. The standard InChI is InChI=1S/C19H28N4O3S/c1-19(2,3)13-20-18(24)16-15-9-5-6-11-23(15)17(21-16)14-8-7-10-22(12-14)27(4,25)26/h5-6,9,11,14H,7-8,10,12-13H2,1-4H3,(H,20,24). The Labute approximate surface area is 160 Å². The average molecular weight is 393 g/mol. The molecule has 1 saturated heterocycles. The van der Waals surface area contributed by atoms with Crippen molar-refractivity contribution in [2.45, 2.75) is 39.5 Å². The molecule has 0 bridgehead atoms. The molecule has 1 aliphatic rings. The van der Waals surface area contributed by atoms with E-state index in [1.807, 2.05) is 28.8 Å². The van der Waals surface area contributed by atoms with Crippen LogP contribution in [0, 0.1) is 5.41 Å². The number of piperidine rings is 1. The Kier molecular flexibility index (Phi) is 5.31. The minimum Gasteiger partial charge on any atom is -0.350 e. The number of amides is 1. The van der Waals surface area contributed by atoms with E-state index < -0.39 is 10.0 Å². The van der Waals surface area contributed by atoms with Gasteiger partial charge in [-0.05, 0) is 30.4 Å². The Balaban J connectivity index is 1.94. The van der Waals surface area contributed by atoms with Gasteiger partial charge < -0.3 is 9.72 Å². The normalized spacial score (nSPS) is 19.3. The molecule has 0 radical (unpaired) electrons. The highest BCUT2D eigenvalue weighted by Crippen LogP contribution is 2.29. The molecule has 3 rings (SSSR count). The van der Waals surface area contributed by atoms with E-state index in [2.05, 4.69) is 31.1 Å². The summed E-state index contributed by atoms with van der Waals surface area (Å²) in [6, 6.07) is 5.65. The molecule has 0 spiro atoms. The lowest BCUT2D eigenvalue weighted by molar-refractivity contribution is 0.0936. The molecule has 1 unspecified atom stereocenters. The highest BCUT2D eigenvalue weighted by molar-refractivity contribution is 7.88. The number of imidazole rings is 1. The SMILES string of the molecule is CC(C)(C)CNC(=O)c1nc(C2CCCN(S(C)(=O)=O)C2)n2ccccc12. The fraction of sp³-hybridized carbons (Fsp3) is 0.579. The van der Waals surface area contributed by atoms with Gasteiger partial charge in [0.2, 0.25) is 10.0 Å². The van der Waals surface area contributed by atoms with Crippen molar-refractivity contribution >= 4 is 21.4 Å². The van der Waals surface area contributed by atoms with Gasteiger partial charge in [0.15, 0.2) is 5.69 Å². The van der Waals surface area contributed by atoms with Gasteiger partial charge >= 0.3 is 0 Å². The number of carbonyl (C=O) groups is 1. The van der Waals surface area contributed by atoms with Crippen LogP contribution in [0.3, 0.4) is 0 Å². The zero-order chi connectivity index (χ0) is 19.8. The predicted molar refractivity (Wildman–Crippen MR) is 105 cm³/mol. The molecule has 148 valence electrons. The van der Waals surface area contributed by atoms with Gasteiger partial charge in [0, 0.05) is 31.7 Å². The van der Waals surface area contributed by atoms with Gasteiger partial charge in [0.25, 0.3) is 5.91 Å². The lowest BCUT2D eigenvalue weighted by atomic mass is 9.97. The monoisotopic (exact) mass is 392 g/mol. The minimum atomic E-state index is -3.24. The molecule has 7 nitrogen and oxygen atoms in total. The lowest BCUT2D eigenvalue weighted by Gasteiger charge is -2.30. The molecule has 1 aliphatic heterocycles. The Hall–Kier alpha value is -1.93. The maximum Gasteiger partial charge on any atom is 0.272 e. The van der Waals surface area contributed by atoms with Crippen LogP contribution in [0.5, 0.6) is 0 Å². The summed E-state index contributed by atoms with van der Waals surface area (Å²) in [5, 5.41) is 2.96. The van der Waals surface area contributed by atoms with Crippen LogP contribution in [-0.4, -0.2) is 53.9 Å². The summed E-state index contributed by atoms with van der Waals surface area (Å²) in [7, 11) is -3.24. The van der Waals surface area contributed by atoms with Crippen LogP contribution in [0.2, 0.25) is 0 Å². The topological polar surface area (TPSA) is 83.8 Å². The lowest BCUT2D eigenvalue weighted by Crippen LogP contribution is -2.38. The van der Waals surface area contributed by atoms with E-state index in [-0.39, 0.29) is 17.2 Å². The Morgan fingerprint density at radius 2 is 2.07 bits per heavy atom. The van der Waals surface area contributed by atoms with Crippen LogP contribution < -0.4 is 5.32 Å². The number of hydrogen-bond acceptors (Lipinski definition) is 4. The van der Waals surface area contributed by atoms with Crippen molar-refractivity contribution in [2.75, 3.05) is 25.9 Å². The number of nitrogens with one attached hydrogen (secondary N) is 1. The number of rotatable bonds is 4. The third-order valence-electron chi connectivity index (χ3n) is 4.79. The molecule has 1 amide bonds. The molecule has 1 fully saturated rings. The third kappa shape index (κ3) is 4.50. The first kappa shape index (κ1) is 19.8.